The Morgan fingerprint density at radius 2 is 2.00 bits per heavy atom. The second-order valence-corrected chi connectivity index (χ2v) is 5.60. The number of hydrogen-bond donors (Lipinski definition) is 2. The lowest BCUT2D eigenvalue weighted by Crippen LogP contribution is -2.17. The summed E-state index contributed by atoms with van der Waals surface area (Å²) in [4.78, 5) is 3.66. The molecular weight excluding hydrogens is 293 g/mol. The van der Waals surface area contributed by atoms with Crippen molar-refractivity contribution in [1.29, 1.82) is 0 Å². The van der Waals surface area contributed by atoms with Crippen LogP contribution in [0.25, 0.3) is 0 Å². The fraction of sp³-hybridized carbons (Fsp3) is 0. The quantitative estimate of drug-likeness (QED) is 0.910. The van der Waals surface area contributed by atoms with E-state index in [9.17, 15) is 12.8 Å². The maximum atomic E-state index is 13.5. The Bertz CT molecular complexity index is 701. The summed E-state index contributed by atoms with van der Waals surface area (Å²) in [7, 11) is -4.10. The first-order valence-electron chi connectivity index (χ1n) is 5.09. The normalized spacial score (nSPS) is 11.3. The number of pyridine rings is 1. The van der Waals surface area contributed by atoms with Crippen LogP contribution in [0.3, 0.4) is 0 Å². The lowest BCUT2D eigenvalue weighted by atomic mass is 10.3. The molecule has 2 rings (SSSR count). The van der Waals surface area contributed by atoms with Gasteiger partial charge in [0.1, 0.15) is 11.5 Å². The van der Waals surface area contributed by atoms with Crippen LogP contribution in [0.15, 0.2) is 41.6 Å². The van der Waals surface area contributed by atoms with E-state index >= 15 is 0 Å². The zero-order valence-corrected chi connectivity index (χ0v) is 11.0. The molecule has 19 heavy (non-hydrogen) atoms. The van der Waals surface area contributed by atoms with Gasteiger partial charge in [-0.2, -0.15) is 8.42 Å². The first-order chi connectivity index (χ1) is 8.92. The Labute approximate surface area is 114 Å². The molecule has 1 heterocycles. The summed E-state index contributed by atoms with van der Waals surface area (Å²) in [5.41, 5.74) is 5.15. The monoisotopic (exact) mass is 301 g/mol. The van der Waals surface area contributed by atoms with Gasteiger partial charge in [0.15, 0.2) is 5.03 Å². The molecule has 0 aliphatic rings. The molecule has 0 amide bonds. The van der Waals surface area contributed by atoms with E-state index in [-0.39, 0.29) is 21.4 Å². The number of nitrogens with one attached hydrogen (secondary N) is 1. The molecule has 1 aromatic carbocycles. The van der Waals surface area contributed by atoms with Crippen molar-refractivity contribution < 1.29 is 12.8 Å². The molecule has 0 aliphatic carbocycles. The number of nitrogens with zero attached hydrogens (tertiary/aromatic N) is 1. The van der Waals surface area contributed by atoms with Gasteiger partial charge in [-0.3, -0.25) is 4.72 Å². The SMILES string of the molecule is Nc1cccnc1S(=O)(=O)Nc1c(F)cccc1Cl. The molecular formula is C11H9ClFN3O2S. The number of benzene rings is 1. The van der Waals surface area contributed by atoms with Crippen LogP contribution in [0.5, 0.6) is 0 Å². The van der Waals surface area contributed by atoms with E-state index in [2.05, 4.69) is 4.98 Å². The average Bonchev–Trinajstić information content (AvgIpc) is 2.34. The smallest absolute Gasteiger partial charge is 0.281 e. The van der Waals surface area contributed by atoms with Gasteiger partial charge in [0.25, 0.3) is 10.0 Å². The van der Waals surface area contributed by atoms with Crippen molar-refractivity contribution >= 4 is 33.0 Å². The maximum absolute atomic E-state index is 13.5. The summed E-state index contributed by atoms with van der Waals surface area (Å²) in [6, 6.07) is 6.69. The molecule has 1 aromatic heterocycles. The van der Waals surface area contributed by atoms with Gasteiger partial charge in [0.2, 0.25) is 0 Å². The van der Waals surface area contributed by atoms with E-state index < -0.39 is 15.8 Å². The van der Waals surface area contributed by atoms with Gasteiger partial charge in [-0.05, 0) is 24.3 Å². The summed E-state index contributed by atoms with van der Waals surface area (Å²) in [6.45, 7) is 0. The molecule has 0 unspecified atom stereocenters. The van der Waals surface area contributed by atoms with E-state index in [0.29, 0.717) is 0 Å². The maximum Gasteiger partial charge on any atom is 0.281 e. The molecule has 0 saturated carbocycles. The predicted octanol–water partition coefficient (Wildman–Crippen LogP) is 2.26. The standard InChI is InChI=1S/C11H9ClFN3O2S/c12-7-3-1-4-8(13)10(7)16-19(17,18)11-9(14)5-2-6-15-11/h1-6,16H,14H2. The van der Waals surface area contributed by atoms with Crippen LogP contribution in [0.4, 0.5) is 15.8 Å². The summed E-state index contributed by atoms with van der Waals surface area (Å²) in [5.74, 6) is -0.787. The fourth-order valence-corrected chi connectivity index (χ4v) is 2.82. The van der Waals surface area contributed by atoms with Crippen LogP contribution in [-0.4, -0.2) is 13.4 Å². The summed E-state index contributed by atoms with van der Waals surface area (Å²) in [6.07, 6.45) is 1.27. The van der Waals surface area contributed by atoms with Crippen LogP contribution in [-0.2, 0) is 10.0 Å². The summed E-state index contributed by atoms with van der Waals surface area (Å²) in [5, 5.41) is -0.438. The first-order valence-corrected chi connectivity index (χ1v) is 6.95. The van der Waals surface area contributed by atoms with Gasteiger partial charge in [0.05, 0.1) is 10.7 Å². The third-order valence-electron chi connectivity index (χ3n) is 2.25. The fourth-order valence-electron chi connectivity index (χ4n) is 1.41. The van der Waals surface area contributed by atoms with Gasteiger partial charge in [0, 0.05) is 6.20 Å². The lowest BCUT2D eigenvalue weighted by Gasteiger charge is -2.10. The van der Waals surface area contributed by atoms with Crippen LogP contribution < -0.4 is 10.5 Å². The molecule has 0 radical (unpaired) electrons. The second-order valence-electron chi connectivity index (χ2n) is 3.60. The van der Waals surface area contributed by atoms with E-state index in [1.165, 1.54) is 30.5 Å². The highest BCUT2D eigenvalue weighted by atomic mass is 35.5. The third kappa shape index (κ3) is 2.77. The van der Waals surface area contributed by atoms with Gasteiger partial charge in [-0.1, -0.05) is 17.7 Å². The van der Waals surface area contributed by atoms with Crippen molar-refractivity contribution in [3.63, 3.8) is 0 Å². The Balaban J connectivity index is 2.46. The largest absolute Gasteiger partial charge is 0.396 e. The molecule has 0 spiro atoms. The molecule has 0 atom stereocenters. The van der Waals surface area contributed by atoms with E-state index in [0.717, 1.165) is 6.07 Å². The summed E-state index contributed by atoms with van der Waals surface area (Å²) >= 11 is 5.74. The van der Waals surface area contributed by atoms with Crippen molar-refractivity contribution in [2.24, 2.45) is 0 Å². The minimum absolute atomic E-state index is 0.0394. The highest BCUT2D eigenvalue weighted by Gasteiger charge is 2.21. The number of hydrogen-bond acceptors (Lipinski definition) is 4. The van der Waals surface area contributed by atoms with Gasteiger partial charge >= 0.3 is 0 Å². The van der Waals surface area contributed by atoms with Crippen molar-refractivity contribution in [3.8, 4) is 0 Å². The Morgan fingerprint density at radius 1 is 1.26 bits per heavy atom. The molecule has 100 valence electrons. The van der Waals surface area contributed by atoms with Crippen molar-refractivity contribution in [1.82, 2.24) is 4.98 Å². The minimum atomic E-state index is -4.10. The third-order valence-corrected chi connectivity index (χ3v) is 3.89. The van der Waals surface area contributed by atoms with Crippen molar-refractivity contribution in [3.05, 3.63) is 47.4 Å². The number of nitrogen functional groups attached to an aromatic ring is 1. The zero-order valence-electron chi connectivity index (χ0n) is 9.47. The summed E-state index contributed by atoms with van der Waals surface area (Å²) < 4.78 is 39.7. The Morgan fingerprint density at radius 3 is 2.63 bits per heavy atom. The van der Waals surface area contributed by atoms with Crippen LogP contribution in [0.1, 0.15) is 0 Å². The number of aromatic nitrogens is 1. The van der Waals surface area contributed by atoms with Crippen molar-refractivity contribution in [2.45, 2.75) is 5.03 Å². The van der Waals surface area contributed by atoms with E-state index in [1.807, 2.05) is 4.72 Å². The van der Waals surface area contributed by atoms with Gasteiger partial charge in [-0.25, -0.2) is 9.37 Å². The number of nitrogens with two attached hydrogens (primary N) is 1. The molecule has 0 bridgehead atoms. The number of para-hydroxylation sites is 1. The molecule has 0 saturated heterocycles. The molecule has 0 fully saturated rings. The number of anilines is 2. The highest BCUT2D eigenvalue weighted by molar-refractivity contribution is 7.92. The highest BCUT2D eigenvalue weighted by Crippen LogP contribution is 2.27. The van der Waals surface area contributed by atoms with Crippen LogP contribution in [0.2, 0.25) is 5.02 Å². The second kappa shape index (κ2) is 5.02. The van der Waals surface area contributed by atoms with Gasteiger partial charge < -0.3 is 5.73 Å². The molecule has 2 aromatic rings. The van der Waals surface area contributed by atoms with Crippen LogP contribution >= 0.6 is 11.6 Å². The topological polar surface area (TPSA) is 85.1 Å². The molecule has 3 N–H and O–H groups in total. The molecule has 5 nitrogen and oxygen atoms in total. The number of halogens is 2. The molecule has 8 heteroatoms. The Kier molecular flexibility index (Phi) is 3.59. The predicted molar refractivity (Wildman–Crippen MR) is 70.9 cm³/mol. The average molecular weight is 302 g/mol. The van der Waals surface area contributed by atoms with Crippen molar-refractivity contribution in [2.75, 3.05) is 10.5 Å². The number of sulfonamides is 1. The van der Waals surface area contributed by atoms with E-state index in [1.54, 1.807) is 0 Å². The zero-order chi connectivity index (χ0) is 14.0. The molecule has 0 aliphatic heterocycles. The lowest BCUT2D eigenvalue weighted by molar-refractivity contribution is 0.595. The Hall–Kier alpha value is -1.86. The van der Waals surface area contributed by atoms with E-state index in [4.69, 9.17) is 17.3 Å². The number of rotatable bonds is 3. The first kappa shape index (κ1) is 13.6. The van der Waals surface area contributed by atoms with Gasteiger partial charge in [-0.15, -0.1) is 0 Å². The minimum Gasteiger partial charge on any atom is -0.396 e. The van der Waals surface area contributed by atoms with Crippen LogP contribution in [0, 0.1) is 5.82 Å².